The van der Waals surface area contributed by atoms with E-state index in [9.17, 15) is 8.42 Å². The maximum atomic E-state index is 12.8. The van der Waals surface area contributed by atoms with Crippen LogP contribution in [0.4, 0.5) is 0 Å². The van der Waals surface area contributed by atoms with Gasteiger partial charge in [0.15, 0.2) is 0 Å². The van der Waals surface area contributed by atoms with Crippen LogP contribution in [0, 0.1) is 0 Å². The normalized spacial score (nSPS) is 23.1. The average Bonchev–Trinajstić information content (AvgIpc) is 2.45. The molecule has 0 amide bonds. The molecular formula is C14H31N3O2S. The van der Waals surface area contributed by atoms with Crippen molar-refractivity contribution in [2.45, 2.75) is 65.5 Å². The molecular weight excluding hydrogens is 274 g/mol. The molecule has 1 heterocycles. The summed E-state index contributed by atoms with van der Waals surface area (Å²) in [5, 5.41) is 3.45. The van der Waals surface area contributed by atoms with Gasteiger partial charge in [0.05, 0.1) is 0 Å². The topological polar surface area (TPSA) is 52.7 Å². The summed E-state index contributed by atoms with van der Waals surface area (Å²) in [7, 11) is -3.32. The van der Waals surface area contributed by atoms with Crippen LogP contribution in [0.25, 0.3) is 0 Å². The van der Waals surface area contributed by atoms with Gasteiger partial charge in [-0.25, -0.2) is 0 Å². The fourth-order valence-electron chi connectivity index (χ4n) is 2.92. The van der Waals surface area contributed by atoms with Gasteiger partial charge in [0.2, 0.25) is 0 Å². The van der Waals surface area contributed by atoms with Crippen LogP contribution in [0.3, 0.4) is 0 Å². The first-order chi connectivity index (χ1) is 9.48. The summed E-state index contributed by atoms with van der Waals surface area (Å²) >= 11 is 0. The van der Waals surface area contributed by atoms with Crippen LogP contribution >= 0.6 is 0 Å². The van der Waals surface area contributed by atoms with Gasteiger partial charge in [0.25, 0.3) is 10.2 Å². The van der Waals surface area contributed by atoms with E-state index in [2.05, 4.69) is 19.2 Å². The quantitative estimate of drug-likeness (QED) is 0.744. The van der Waals surface area contributed by atoms with E-state index in [1.54, 1.807) is 8.61 Å². The zero-order valence-corrected chi connectivity index (χ0v) is 14.2. The Bertz CT molecular complexity index is 369. The van der Waals surface area contributed by atoms with Crippen molar-refractivity contribution in [3.63, 3.8) is 0 Å². The predicted molar refractivity (Wildman–Crippen MR) is 83.9 cm³/mol. The number of hydrogen-bond donors (Lipinski definition) is 1. The molecule has 0 aromatic rings. The first-order valence-electron chi connectivity index (χ1n) is 7.99. The van der Waals surface area contributed by atoms with Crippen LogP contribution in [0.15, 0.2) is 0 Å². The van der Waals surface area contributed by atoms with Crippen LogP contribution in [0.2, 0.25) is 0 Å². The lowest BCUT2D eigenvalue weighted by molar-refractivity contribution is 0.195. The summed E-state index contributed by atoms with van der Waals surface area (Å²) in [4.78, 5) is 0. The van der Waals surface area contributed by atoms with Gasteiger partial charge in [-0.05, 0) is 32.7 Å². The third-order valence-electron chi connectivity index (χ3n) is 4.12. The van der Waals surface area contributed by atoms with E-state index in [1.165, 1.54) is 0 Å². The standard InChI is InChI=1S/C14H31N3O2S/c1-5-11-15-13(4)14-10-8-9-12-17(14)20(18,19)16(6-2)7-3/h13-15H,5-12H2,1-4H3. The minimum Gasteiger partial charge on any atom is -0.313 e. The lowest BCUT2D eigenvalue weighted by Gasteiger charge is -2.40. The molecule has 1 rings (SSSR count). The van der Waals surface area contributed by atoms with E-state index >= 15 is 0 Å². The van der Waals surface area contributed by atoms with E-state index in [0.717, 1.165) is 32.2 Å². The SMILES string of the molecule is CCCNC(C)C1CCCCN1S(=O)(=O)N(CC)CC. The zero-order chi connectivity index (χ0) is 15.2. The van der Waals surface area contributed by atoms with Gasteiger partial charge in [-0.1, -0.05) is 27.2 Å². The van der Waals surface area contributed by atoms with Crippen molar-refractivity contribution < 1.29 is 8.42 Å². The fraction of sp³-hybridized carbons (Fsp3) is 1.00. The van der Waals surface area contributed by atoms with Gasteiger partial charge >= 0.3 is 0 Å². The van der Waals surface area contributed by atoms with Gasteiger partial charge in [0.1, 0.15) is 0 Å². The second-order valence-corrected chi connectivity index (χ2v) is 7.39. The number of rotatable bonds is 8. The van der Waals surface area contributed by atoms with E-state index in [0.29, 0.717) is 19.6 Å². The summed E-state index contributed by atoms with van der Waals surface area (Å²) in [6.07, 6.45) is 4.11. The van der Waals surface area contributed by atoms with Crippen molar-refractivity contribution in [2.24, 2.45) is 0 Å². The molecule has 0 aromatic carbocycles. The molecule has 5 nitrogen and oxygen atoms in total. The summed E-state index contributed by atoms with van der Waals surface area (Å²) in [6.45, 7) is 10.7. The van der Waals surface area contributed by atoms with Crippen LogP contribution in [0.1, 0.15) is 53.4 Å². The molecule has 0 aromatic heterocycles. The lowest BCUT2D eigenvalue weighted by atomic mass is 9.99. The summed E-state index contributed by atoms with van der Waals surface area (Å²) in [5.41, 5.74) is 0. The Morgan fingerprint density at radius 1 is 1.25 bits per heavy atom. The Morgan fingerprint density at radius 2 is 1.90 bits per heavy atom. The zero-order valence-electron chi connectivity index (χ0n) is 13.4. The summed E-state index contributed by atoms with van der Waals surface area (Å²) in [5.74, 6) is 0. The molecule has 2 atom stereocenters. The van der Waals surface area contributed by atoms with Gasteiger partial charge < -0.3 is 5.32 Å². The Morgan fingerprint density at radius 3 is 2.45 bits per heavy atom. The van der Waals surface area contributed by atoms with E-state index < -0.39 is 10.2 Å². The molecule has 1 aliphatic heterocycles. The fourth-order valence-corrected chi connectivity index (χ4v) is 4.86. The minimum absolute atomic E-state index is 0.0842. The molecule has 0 aliphatic carbocycles. The maximum Gasteiger partial charge on any atom is 0.282 e. The highest BCUT2D eigenvalue weighted by Crippen LogP contribution is 2.24. The molecule has 6 heteroatoms. The third-order valence-corrected chi connectivity index (χ3v) is 6.33. The van der Waals surface area contributed by atoms with E-state index in [4.69, 9.17) is 0 Å². The van der Waals surface area contributed by atoms with Crippen molar-refractivity contribution in [1.29, 1.82) is 0 Å². The molecule has 20 heavy (non-hydrogen) atoms. The molecule has 0 spiro atoms. The van der Waals surface area contributed by atoms with Gasteiger partial charge in [-0.15, -0.1) is 0 Å². The predicted octanol–water partition coefficient (Wildman–Crippen LogP) is 1.82. The first kappa shape index (κ1) is 17.9. The highest BCUT2D eigenvalue weighted by molar-refractivity contribution is 7.86. The smallest absolute Gasteiger partial charge is 0.282 e. The number of piperidine rings is 1. The molecule has 1 aliphatic rings. The molecule has 1 N–H and O–H groups in total. The second-order valence-electron chi connectivity index (χ2n) is 5.51. The average molecular weight is 305 g/mol. The van der Waals surface area contributed by atoms with Crippen molar-refractivity contribution >= 4 is 10.2 Å². The Balaban J connectivity index is 2.87. The van der Waals surface area contributed by atoms with Crippen molar-refractivity contribution in [3.8, 4) is 0 Å². The monoisotopic (exact) mass is 305 g/mol. The van der Waals surface area contributed by atoms with Crippen molar-refractivity contribution in [3.05, 3.63) is 0 Å². The van der Waals surface area contributed by atoms with Crippen molar-refractivity contribution in [1.82, 2.24) is 13.9 Å². The van der Waals surface area contributed by atoms with Crippen LogP contribution < -0.4 is 5.32 Å². The van der Waals surface area contributed by atoms with Crippen LogP contribution in [-0.4, -0.2) is 55.3 Å². The van der Waals surface area contributed by atoms with Crippen LogP contribution in [0.5, 0.6) is 0 Å². The molecule has 2 unspecified atom stereocenters. The minimum atomic E-state index is -3.32. The van der Waals surface area contributed by atoms with E-state index in [1.807, 2.05) is 13.8 Å². The Hall–Kier alpha value is -0.170. The number of nitrogens with zero attached hydrogens (tertiary/aromatic N) is 2. The number of nitrogens with one attached hydrogen (secondary N) is 1. The van der Waals surface area contributed by atoms with Crippen LogP contribution in [-0.2, 0) is 10.2 Å². The lowest BCUT2D eigenvalue weighted by Crippen LogP contribution is -2.56. The highest BCUT2D eigenvalue weighted by atomic mass is 32.2. The van der Waals surface area contributed by atoms with Gasteiger partial charge in [-0.3, -0.25) is 0 Å². The molecule has 0 bridgehead atoms. The van der Waals surface area contributed by atoms with Gasteiger partial charge in [-0.2, -0.15) is 17.0 Å². The van der Waals surface area contributed by atoms with E-state index in [-0.39, 0.29) is 12.1 Å². The molecule has 0 saturated carbocycles. The molecule has 1 saturated heterocycles. The summed E-state index contributed by atoms with van der Waals surface area (Å²) in [6, 6.07) is 0.293. The molecule has 0 radical (unpaired) electrons. The largest absolute Gasteiger partial charge is 0.313 e. The van der Waals surface area contributed by atoms with Crippen molar-refractivity contribution in [2.75, 3.05) is 26.2 Å². The Kier molecular flexibility index (Phi) is 7.43. The maximum absolute atomic E-state index is 12.8. The van der Waals surface area contributed by atoms with Gasteiger partial charge in [0, 0.05) is 31.7 Å². The first-order valence-corrected chi connectivity index (χ1v) is 9.38. The number of hydrogen-bond acceptors (Lipinski definition) is 3. The molecule has 1 fully saturated rings. The second kappa shape index (κ2) is 8.32. The highest BCUT2D eigenvalue weighted by Gasteiger charge is 2.37. The third kappa shape index (κ3) is 4.16. The molecule has 120 valence electrons. The Labute approximate surface area is 124 Å². The summed E-state index contributed by atoms with van der Waals surface area (Å²) < 4.78 is 28.8.